The molecule has 0 aromatic heterocycles. The van der Waals surface area contributed by atoms with Crippen molar-refractivity contribution in [1.82, 2.24) is 9.80 Å². The summed E-state index contributed by atoms with van der Waals surface area (Å²) in [5.41, 5.74) is 2.09. The maximum Gasteiger partial charge on any atom is 0.324 e. The van der Waals surface area contributed by atoms with Gasteiger partial charge in [-0.05, 0) is 49.2 Å². The molecule has 2 fully saturated rings. The van der Waals surface area contributed by atoms with Gasteiger partial charge in [0.25, 0.3) is 0 Å². The van der Waals surface area contributed by atoms with Crippen molar-refractivity contribution in [2.75, 3.05) is 31.1 Å². The molecule has 0 radical (unpaired) electrons. The Morgan fingerprint density at radius 1 is 0.962 bits per heavy atom. The van der Waals surface area contributed by atoms with Gasteiger partial charge in [0.2, 0.25) is 0 Å². The van der Waals surface area contributed by atoms with Crippen LogP contribution in [0.5, 0.6) is 0 Å². The molecule has 0 bridgehead atoms. The van der Waals surface area contributed by atoms with E-state index in [9.17, 15) is 9.18 Å². The van der Waals surface area contributed by atoms with Crippen molar-refractivity contribution < 1.29 is 9.18 Å². The molecule has 2 aromatic rings. The first-order chi connectivity index (χ1) is 12.7. The van der Waals surface area contributed by atoms with Gasteiger partial charge in [-0.1, -0.05) is 30.3 Å². The Labute approximate surface area is 153 Å². The van der Waals surface area contributed by atoms with Crippen LogP contribution in [-0.2, 0) is 6.54 Å². The van der Waals surface area contributed by atoms with Crippen LogP contribution in [0.3, 0.4) is 0 Å². The number of piperidine rings is 1. The van der Waals surface area contributed by atoms with Crippen LogP contribution in [0.4, 0.5) is 14.9 Å². The van der Waals surface area contributed by atoms with Crippen molar-refractivity contribution in [1.29, 1.82) is 0 Å². The maximum atomic E-state index is 13.1. The fourth-order valence-electron chi connectivity index (χ4n) is 4.02. The van der Waals surface area contributed by atoms with Crippen molar-refractivity contribution in [2.45, 2.75) is 25.4 Å². The Bertz CT molecular complexity index is 750. The van der Waals surface area contributed by atoms with Gasteiger partial charge in [0.05, 0.1) is 0 Å². The molecule has 0 spiro atoms. The third-order valence-corrected chi connectivity index (χ3v) is 5.35. The Kier molecular flexibility index (Phi) is 4.89. The summed E-state index contributed by atoms with van der Waals surface area (Å²) in [5, 5.41) is 0. The van der Waals surface area contributed by atoms with Crippen LogP contribution < -0.4 is 4.90 Å². The average molecular weight is 353 g/mol. The number of carbonyl (C=O) groups is 1. The summed E-state index contributed by atoms with van der Waals surface area (Å²) in [6, 6.07) is 17.0. The number of benzene rings is 2. The summed E-state index contributed by atoms with van der Waals surface area (Å²) in [7, 11) is 0. The van der Waals surface area contributed by atoms with Gasteiger partial charge >= 0.3 is 6.03 Å². The molecule has 0 aliphatic carbocycles. The second-order valence-electron chi connectivity index (χ2n) is 7.12. The molecule has 0 saturated carbocycles. The number of hydrogen-bond acceptors (Lipinski definition) is 2. The number of amides is 2. The summed E-state index contributed by atoms with van der Waals surface area (Å²) in [4.78, 5) is 19.1. The van der Waals surface area contributed by atoms with E-state index in [0.717, 1.165) is 44.7 Å². The zero-order chi connectivity index (χ0) is 17.9. The predicted octanol–water partition coefficient (Wildman–Crippen LogP) is 3.73. The molecule has 2 aromatic carbocycles. The van der Waals surface area contributed by atoms with Crippen LogP contribution in [0.25, 0.3) is 0 Å². The number of hydrogen-bond donors (Lipinski definition) is 0. The van der Waals surface area contributed by atoms with Gasteiger partial charge in [0.1, 0.15) is 5.82 Å². The normalized spacial score (nSPS) is 21.4. The van der Waals surface area contributed by atoms with Crippen molar-refractivity contribution in [3.8, 4) is 0 Å². The summed E-state index contributed by atoms with van der Waals surface area (Å²) >= 11 is 0. The first-order valence-corrected chi connectivity index (χ1v) is 9.31. The SMILES string of the molecule is O=C1N(c2ccc(F)cc2)CCN1C1CCCN(Cc2ccccc2)C1. The monoisotopic (exact) mass is 353 g/mol. The van der Waals surface area contributed by atoms with E-state index in [-0.39, 0.29) is 17.9 Å². The molecule has 5 heteroatoms. The Morgan fingerprint density at radius 2 is 1.73 bits per heavy atom. The molecule has 2 saturated heterocycles. The third-order valence-electron chi connectivity index (χ3n) is 5.35. The van der Waals surface area contributed by atoms with Crippen LogP contribution >= 0.6 is 0 Å². The smallest absolute Gasteiger partial charge is 0.318 e. The molecule has 2 amide bonds. The largest absolute Gasteiger partial charge is 0.324 e. The number of carbonyl (C=O) groups excluding carboxylic acids is 1. The van der Waals surface area contributed by atoms with Crippen molar-refractivity contribution in [3.63, 3.8) is 0 Å². The molecule has 26 heavy (non-hydrogen) atoms. The number of halogens is 1. The third kappa shape index (κ3) is 3.58. The van der Waals surface area contributed by atoms with E-state index in [1.165, 1.54) is 17.7 Å². The van der Waals surface area contributed by atoms with Gasteiger partial charge in [-0.3, -0.25) is 9.80 Å². The minimum absolute atomic E-state index is 0.0446. The summed E-state index contributed by atoms with van der Waals surface area (Å²) in [6.45, 7) is 4.33. The molecule has 0 N–H and O–H groups in total. The van der Waals surface area contributed by atoms with E-state index < -0.39 is 0 Å². The topological polar surface area (TPSA) is 26.8 Å². The zero-order valence-electron chi connectivity index (χ0n) is 14.9. The van der Waals surface area contributed by atoms with Gasteiger partial charge in [0, 0.05) is 37.9 Å². The Hall–Kier alpha value is -2.40. The van der Waals surface area contributed by atoms with E-state index in [4.69, 9.17) is 0 Å². The van der Waals surface area contributed by atoms with E-state index >= 15 is 0 Å². The van der Waals surface area contributed by atoms with Gasteiger partial charge in [-0.15, -0.1) is 0 Å². The molecule has 1 atom stereocenters. The fraction of sp³-hybridized carbons (Fsp3) is 0.381. The summed E-state index contributed by atoms with van der Waals surface area (Å²) in [6.07, 6.45) is 2.16. The van der Waals surface area contributed by atoms with E-state index in [0.29, 0.717) is 6.54 Å². The molecular formula is C21H24FN3O. The molecule has 2 aliphatic rings. The van der Waals surface area contributed by atoms with Crippen molar-refractivity contribution >= 4 is 11.7 Å². The fourth-order valence-corrected chi connectivity index (χ4v) is 4.02. The minimum Gasteiger partial charge on any atom is -0.318 e. The lowest BCUT2D eigenvalue weighted by molar-refractivity contribution is 0.122. The highest BCUT2D eigenvalue weighted by molar-refractivity contribution is 5.94. The molecule has 4 rings (SSSR count). The summed E-state index contributed by atoms with van der Waals surface area (Å²) < 4.78 is 13.1. The molecule has 2 aliphatic heterocycles. The van der Waals surface area contributed by atoms with Crippen molar-refractivity contribution in [3.05, 3.63) is 66.0 Å². The first-order valence-electron chi connectivity index (χ1n) is 9.31. The quantitative estimate of drug-likeness (QED) is 0.837. The van der Waals surface area contributed by atoms with Gasteiger partial charge in [-0.25, -0.2) is 9.18 Å². The minimum atomic E-state index is -0.277. The number of rotatable bonds is 4. The highest BCUT2D eigenvalue weighted by atomic mass is 19.1. The number of anilines is 1. The molecule has 136 valence electrons. The zero-order valence-corrected chi connectivity index (χ0v) is 14.9. The second-order valence-corrected chi connectivity index (χ2v) is 7.12. The lowest BCUT2D eigenvalue weighted by Gasteiger charge is -2.37. The van der Waals surface area contributed by atoms with Gasteiger partial charge < -0.3 is 4.90 Å². The number of urea groups is 1. The molecule has 2 heterocycles. The first kappa shape index (κ1) is 17.0. The lowest BCUT2D eigenvalue weighted by Crippen LogP contribution is -2.49. The Balaban J connectivity index is 1.41. The highest BCUT2D eigenvalue weighted by Crippen LogP contribution is 2.25. The summed E-state index contributed by atoms with van der Waals surface area (Å²) in [5.74, 6) is -0.277. The van der Waals surface area contributed by atoms with E-state index in [1.54, 1.807) is 17.0 Å². The number of likely N-dealkylation sites (tertiary alicyclic amines) is 1. The van der Waals surface area contributed by atoms with Crippen LogP contribution in [0, 0.1) is 5.82 Å². The highest BCUT2D eigenvalue weighted by Gasteiger charge is 2.36. The molecule has 4 nitrogen and oxygen atoms in total. The van der Waals surface area contributed by atoms with Crippen LogP contribution in [-0.4, -0.2) is 48.1 Å². The van der Waals surface area contributed by atoms with Gasteiger partial charge in [0.15, 0.2) is 0 Å². The van der Waals surface area contributed by atoms with E-state index in [2.05, 4.69) is 29.2 Å². The van der Waals surface area contributed by atoms with E-state index in [1.807, 2.05) is 11.0 Å². The predicted molar refractivity (Wildman–Crippen MR) is 101 cm³/mol. The Morgan fingerprint density at radius 3 is 2.50 bits per heavy atom. The lowest BCUT2D eigenvalue weighted by atomic mass is 10.0. The van der Waals surface area contributed by atoms with Crippen LogP contribution in [0.1, 0.15) is 18.4 Å². The van der Waals surface area contributed by atoms with Crippen LogP contribution in [0.15, 0.2) is 54.6 Å². The standard InChI is InChI=1S/C21H24FN3O/c22-18-8-10-19(11-9-18)24-13-14-25(21(24)26)20-7-4-12-23(16-20)15-17-5-2-1-3-6-17/h1-3,5-6,8-11,20H,4,7,12-16H2. The maximum absolute atomic E-state index is 13.1. The van der Waals surface area contributed by atoms with Crippen molar-refractivity contribution in [2.24, 2.45) is 0 Å². The average Bonchev–Trinajstić information content (AvgIpc) is 3.05. The second kappa shape index (κ2) is 7.46. The molecular weight excluding hydrogens is 329 g/mol. The number of nitrogens with zero attached hydrogens (tertiary/aromatic N) is 3. The van der Waals surface area contributed by atoms with Gasteiger partial charge in [-0.2, -0.15) is 0 Å². The van der Waals surface area contributed by atoms with Crippen LogP contribution in [0.2, 0.25) is 0 Å². The molecule has 1 unspecified atom stereocenters.